The molecular formula is C9H10N2S. The van der Waals surface area contributed by atoms with E-state index in [1.54, 1.807) is 11.3 Å². The maximum absolute atomic E-state index is 8.81. The van der Waals surface area contributed by atoms with Gasteiger partial charge in [0.2, 0.25) is 0 Å². The molecule has 1 aliphatic heterocycles. The Kier molecular flexibility index (Phi) is 2.11. The normalized spacial score (nSPS) is 16.2. The number of fused-ring (bicyclic) bond motifs is 1. The van der Waals surface area contributed by atoms with E-state index in [-0.39, 0.29) is 0 Å². The third kappa shape index (κ3) is 1.24. The van der Waals surface area contributed by atoms with Crippen LogP contribution >= 0.6 is 11.3 Å². The Hall–Kier alpha value is -0.850. The number of nitrogens with one attached hydrogen (secondary N) is 1. The van der Waals surface area contributed by atoms with Crippen LogP contribution in [0.5, 0.6) is 0 Å². The zero-order valence-electron chi connectivity index (χ0n) is 6.76. The standard InChI is InChI=1S/C9H10N2S/c10-4-7-6-12-9-5-11-3-1-2-8(7)9/h6,11H,1-3,5H2. The van der Waals surface area contributed by atoms with Gasteiger partial charge in [-0.15, -0.1) is 11.3 Å². The predicted molar refractivity (Wildman–Crippen MR) is 49.1 cm³/mol. The van der Waals surface area contributed by atoms with Gasteiger partial charge in [-0.1, -0.05) is 0 Å². The molecule has 1 aliphatic rings. The summed E-state index contributed by atoms with van der Waals surface area (Å²) in [7, 11) is 0. The molecule has 0 atom stereocenters. The van der Waals surface area contributed by atoms with Crippen molar-refractivity contribution < 1.29 is 0 Å². The van der Waals surface area contributed by atoms with Gasteiger partial charge in [0, 0.05) is 16.8 Å². The van der Waals surface area contributed by atoms with Crippen molar-refractivity contribution in [2.45, 2.75) is 19.4 Å². The van der Waals surface area contributed by atoms with Crippen molar-refractivity contribution >= 4 is 11.3 Å². The molecule has 0 spiro atoms. The van der Waals surface area contributed by atoms with Crippen LogP contribution in [0.3, 0.4) is 0 Å². The summed E-state index contributed by atoms with van der Waals surface area (Å²) in [6, 6.07) is 2.25. The minimum absolute atomic E-state index is 0.888. The molecule has 0 fully saturated rings. The monoisotopic (exact) mass is 178 g/mol. The zero-order valence-corrected chi connectivity index (χ0v) is 7.58. The van der Waals surface area contributed by atoms with Crippen LogP contribution in [-0.4, -0.2) is 6.54 Å². The highest BCUT2D eigenvalue weighted by Crippen LogP contribution is 2.24. The molecule has 0 radical (unpaired) electrons. The van der Waals surface area contributed by atoms with Crippen molar-refractivity contribution in [1.29, 1.82) is 5.26 Å². The van der Waals surface area contributed by atoms with Crippen molar-refractivity contribution in [2.75, 3.05) is 6.54 Å². The molecule has 0 saturated heterocycles. The molecule has 62 valence electrons. The molecule has 12 heavy (non-hydrogen) atoms. The van der Waals surface area contributed by atoms with E-state index in [1.807, 2.05) is 5.38 Å². The smallest absolute Gasteiger partial charge is 0.100 e. The molecule has 0 saturated carbocycles. The molecule has 3 heteroatoms. The fourth-order valence-electron chi connectivity index (χ4n) is 1.53. The molecule has 0 aliphatic carbocycles. The Labute approximate surface area is 75.8 Å². The summed E-state index contributed by atoms with van der Waals surface area (Å²) < 4.78 is 0. The molecule has 1 aromatic heterocycles. The van der Waals surface area contributed by atoms with Crippen molar-refractivity contribution in [3.63, 3.8) is 0 Å². The third-order valence-corrected chi connectivity index (χ3v) is 3.20. The average molecular weight is 178 g/mol. The average Bonchev–Trinajstić information content (AvgIpc) is 2.33. The van der Waals surface area contributed by atoms with Gasteiger partial charge >= 0.3 is 0 Å². The van der Waals surface area contributed by atoms with E-state index in [0.717, 1.165) is 31.5 Å². The topological polar surface area (TPSA) is 35.8 Å². The van der Waals surface area contributed by atoms with Crippen molar-refractivity contribution in [1.82, 2.24) is 5.32 Å². The molecule has 1 N–H and O–H groups in total. The number of hydrogen-bond donors (Lipinski definition) is 1. The van der Waals surface area contributed by atoms with Gasteiger partial charge in [-0.05, 0) is 24.9 Å². The molecular weight excluding hydrogens is 168 g/mol. The Morgan fingerprint density at radius 2 is 2.50 bits per heavy atom. The second kappa shape index (κ2) is 3.26. The lowest BCUT2D eigenvalue weighted by Crippen LogP contribution is -2.11. The van der Waals surface area contributed by atoms with Gasteiger partial charge in [0.1, 0.15) is 6.07 Å². The SMILES string of the molecule is N#Cc1csc2c1CCCNC2. The molecule has 2 rings (SSSR count). The second-order valence-corrected chi connectivity index (χ2v) is 3.91. The van der Waals surface area contributed by atoms with Gasteiger partial charge in [0.15, 0.2) is 0 Å². The van der Waals surface area contributed by atoms with Gasteiger partial charge in [0.25, 0.3) is 0 Å². The lowest BCUT2D eigenvalue weighted by Gasteiger charge is -1.95. The molecule has 0 aromatic carbocycles. The number of hydrogen-bond acceptors (Lipinski definition) is 3. The number of rotatable bonds is 0. The summed E-state index contributed by atoms with van der Waals surface area (Å²) in [6.45, 7) is 2.02. The van der Waals surface area contributed by atoms with Crippen LogP contribution in [0.1, 0.15) is 22.4 Å². The third-order valence-electron chi connectivity index (χ3n) is 2.17. The molecule has 2 nitrogen and oxygen atoms in total. The van der Waals surface area contributed by atoms with Gasteiger partial charge in [-0.25, -0.2) is 0 Å². The summed E-state index contributed by atoms with van der Waals surface area (Å²) in [4.78, 5) is 1.35. The van der Waals surface area contributed by atoms with E-state index in [1.165, 1.54) is 10.4 Å². The van der Waals surface area contributed by atoms with E-state index >= 15 is 0 Å². The molecule has 0 bridgehead atoms. The maximum atomic E-state index is 8.81. The predicted octanol–water partition coefficient (Wildman–Crippen LogP) is 1.66. The van der Waals surface area contributed by atoms with E-state index in [4.69, 9.17) is 5.26 Å². The quantitative estimate of drug-likeness (QED) is 0.655. The van der Waals surface area contributed by atoms with Crippen molar-refractivity contribution in [2.24, 2.45) is 0 Å². The summed E-state index contributed by atoms with van der Waals surface area (Å²) in [5, 5.41) is 14.1. The molecule has 0 unspecified atom stereocenters. The zero-order chi connectivity index (χ0) is 8.39. The molecule has 1 aromatic rings. The Morgan fingerprint density at radius 1 is 1.58 bits per heavy atom. The first-order valence-electron chi connectivity index (χ1n) is 4.12. The van der Waals surface area contributed by atoms with Crippen LogP contribution in [0.25, 0.3) is 0 Å². The van der Waals surface area contributed by atoms with Crippen LogP contribution in [0, 0.1) is 11.3 Å². The fraction of sp³-hybridized carbons (Fsp3) is 0.444. The molecule has 2 heterocycles. The fourth-order valence-corrected chi connectivity index (χ4v) is 2.53. The van der Waals surface area contributed by atoms with E-state index in [9.17, 15) is 0 Å². The summed E-state index contributed by atoms with van der Waals surface area (Å²) in [5.74, 6) is 0. The Balaban J connectivity index is 2.40. The first-order chi connectivity index (χ1) is 5.92. The Bertz CT molecular complexity index is 322. The van der Waals surface area contributed by atoms with Gasteiger partial charge in [0.05, 0.1) is 5.56 Å². The first kappa shape index (κ1) is 7.78. The largest absolute Gasteiger partial charge is 0.312 e. The van der Waals surface area contributed by atoms with E-state index < -0.39 is 0 Å². The summed E-state index contributed by atoms with van der Waals surface area (Å²) in [5.41, 5.74) is 2.17. The van der Waals surface area contributed by atoms with Crippen LogP contribution in [0.2, 0.25) is 0 Å². The van der Waals surface area contributed by atoms with Crippen LogP contribution in [-0.2, 0) is 13.0 Å². The van der Waals surface area contributed by atoms with E-state index in [2.05, 4.69) is 11.4 Å². The highest BCUT2D eigenvalue weighted by Gasteiger charge is 2.13. The van der Waals surface area contributed by atoms with Crippen LogP contribution in [0.15, 0.2) is 5.38 Å². The minimum atomic E-state index is 0.888. The summed E-state index contributed by atoms with van der Waals surface area (Å²) >= 11 is 1.70. The van der Waals surface area contributed by atoms with Crippen LogP contribution < -0.4 is 5.32 Å². The highest BCUT2D eigenvalue weighted by molar-refractivity contribution is 7.10. The highest BCUT2D eigenvalue weighted by atomic mass is 32.1. The van der Waals surface area contributed by atoms with Crippen LogP contribution in [0.4, 0.5) is 0 Å². The summed E-state index contributed by atoms with van der Waals surface area (Å²) in [6.07, 6.45) is 2.22. The number of nitrogens with zero attached hydrogens (tertiary/aromatic N) is 1. The first-order valence-corrected chi connectivity index (χ1v) is 5.00. The second-order valence-electron chi connectivity index (χ2n) is 2.94. The van der Waals surface area contributed by atoms with Gasteiger partial charge in [-0.3, -0.25) is 0 Å². The minimum Gasteiger partial charge on any atom is -0.312 e. The Morgan fingerprint density at radius 3 is 3.33 bits per heavy atom. The van der Waals surface area contributed by atoms with E-state index in [0.29, 0.717) is 0 Å². The maximum Gasteiger partial charge on any atom is 0.100 e. The van der Waals surface area contributed by atoms with Gasteiger partial charge < -0.3 is 5.32 Å². The lowest BCUT2D eigenvalue weighted by molar-refractivity contribution is 0.683. The molecule has 0 amide bonds. The van der Waals surface area contributed by atoms with Crippen molar-refractivity contribution in [3.8, 4) is 6.07 Å². The van der Waals surface area contributed by atoms with Gasteiger partial charge in [-0.2, -0.15) is 5.26 Å². The number of thiophene rings is 1. The van der Waals surface area contributed by atoms with Crippen molar-refractivity contribution in [3.05, 3.63) is 21.4 Å². The number of nitriles is 1. The lowest BCUT2D eigenvalue weighted by atomic mass is 10.1.